The Morgan fingerprint density at radius 3 is 1.59 bits per heavy atom. The molecule has 0 amide bonds. The van der Waals surface area contributed by atoms with Crippen LogP contribution in [0, 0.1) is 10.8 Å². The topological polar surface area (TPSA) is 80.4 Å². The van der Waals surface area contributed by atoms with E-state index in [1.165, 1.54) is 21.9 Å². The van der Waals surface area contributed by atoms with Crippen LogP contribution in [0.1, 0.15) is 45.2 Å². The van der Waals surface area contributed by atoms with Crippen LogP contribution in [0.3, 0.4) is 0 Å². The summed E-state index contributed by atoms with van der Waals surface area (Å²) >= 11 is 0. The van der Waals surface area contributed by atoms with Gasteiger partial charge < -0.3 is 20.6 Å². The van der Waals surface area contributed by atoms with E-state index in [-0.39, 0.29) is 10.8 Å². The monoisotopic (exact) mass is 542 g/mol. The van der Waals surface area contributed by atoms with Gasteiger partial charge in [-0.1, -0.05) is 76.2 Å². The van der Waals surface area contributed by atoms with E-state index in [1.54, 1.807) is 0 Å². The van der Waals surface area contributed by atoms with Crippen molar-refractivity contribution < 1.29 is 0 Å². The number of hydrogen-bond donors (Lipinski definition) is 4. The third-order valence-electron chi connectivity index (χ3n) is 8.46. The molecule has 0 radical (unpaired) electrons. The molecule has 0 saturated heterocycles. The van der Waals surface area contributed by atoms with Gasteiger partial charge in [0, 0.05) is 75.9 Å². The molecule has 0 fully saturated rings. The summed E-state index contributed by atoms with van der Waals surface area (Å²) in [6, 6.07) is 26.3. The summed E-state index contributed by atoms with van der Waals surface area (Å²) in [5, 5.41) is 9.45. The molecule has 0 unspecified atom stereocenters. The number of amidine groups is 2. The molecule has 0 saturated carbocycles. The Bertz CT molecular complexity index is 1810. The maximum atomic E-state index is 4.89. The highest BCUT2D eigenvalue weighted by molar-refractivity contribution is 6.03. The van der Waals surface area contributed by atoms with Gasteiger partial charge in [-0.25, -0.2) is 0 Å². The average molecular weight is 543 g/mol. The number of aliphatic imine (C=N–C) groups is 2. The smallest absolute Gasteiger partial charge is 0.128 e. The van der Waals surface area contributed by atoms with Crippen molar-refractivity contribution in [3.05, 3.63) is 83.9 Å². The first-order valence-electron chi connectivity index (χ1n) is 14.7. The fraction of sp³-hybridized carbons (Fsp3) is 0.314. The van der Waals surface area contributed by atoms with Crippen molar-refractivity contribution in [1.82, 2.24) is 20.6 Å². The number of H-pyrrole nitrogens is 2. The van der Waals surface area contributed by atoms with Gasteiger partial charge in [-0.15, -0.1) is 0 Å². The summed E-state index contributed by atoms with van der Waals surface area (Å²) in [6.07, 6.45) is 1.12. The van der Waals surface area contributed by atoms with Gasteiger partial charge in [0.2, 0.25) is 0 Å². The summed E-state index contributed by atoms with van der Waals surface area (Å²) in [5.74, 6) is 1.98. The number of nitrogens with zero attached hydrogens (tertiary/aromatic N) is 2. The maximum absolute atomic E-state index is 4.89. The van der Waals surface area contributed by atoms with Crippen LogP contribution in [0.15, 0.2) is 82.8 Å². The lowest BCUT2D eigenvalue weighted by molar-refractivity contribution is 0.357. The molecule has 4 heterocycles. The van der Waals surface area contributed by atoms with Crippen molar-refractivity contribution in [1.29, 1.82) is 0 Å². The van der Waals surface area contributed by atoms with Crippen LogP contribution >= 0.6 is 0 Å². The molecule has 0 aliphatic carbocycles. The van der Waals surface area contributed by atoms with Gasteiger partial charge in [0.15, 0.2) is 0 Å². The number of aromatic nitrogens is 2. The molecule has 6 nitrogen and oxygen atoms in total. The van der Waals surface area contributed by atoms with Gasteiger partial charge in [0.05, 0.1) is 0 Å². The van der Waals surface area contributed by atoms with E-state index in [0.717, 1.165) is 77.8 Å². The zero-order valence-corrected chi connectivity index (χ0v) is 24.4. The van der Waals surface area contributed by atoms with Crippen LogP contribution in [0.4, 0.5) is 0 Å². The molecule has 4 N–H and O–H groups in total. The van der Waals surface area contributed by atoms with E-state index in [1.807, 2.05) is 0 Å². The first kappa shape index (κ1) is 25.6. The van der Waals surface area contributed by atoms with Crippen molar-refractivity contribution in [2.24, 2.45) is 20.8 Å². The molecule has 2 aliphatic rings. The Labute approximate surface area is 241 Å². The molecule has 7 rings (SSSR count). The minimum Gasteiger partial charge on any atom is -0.370 e. The zero-order valence-electron chi connectivity index (χ0n) is 24.4. The lowest BCUT2D eigenvalue weighted by Crippen LogP contribution is -2.41. The standard InChI is InChI=1S/C35H38N6/c1-34(2)13-14-36-32(37-19-34)26-11-9-24-15-28(40-30(24)17-26)22-5-7-23(8-6-22)29-16-25-10-12-27(18-31(25)41-29)33-38-20-35(3,4)21-39-33/h5-12,15-18,40-41H,13-14,19-21H2,1-4H3,(H,36,37)(H,38,39). The lowest BCUT2D eigenvalue weighted by atomic mass is 9.90. The van der Waals surface area contributed by atoms with Gasteiger partial charge in [0.25, 0.3) is 0 Å². The Morgan fingerprint density at radius 2 is 1.05 bits per heavy atom. The van der Waals surface area contributed by atoms with Crippen molar-refractivity contribution in [3.63, 3.8) is 0 Å². The van der Waals surface area contributed by atoms with Crippen LogP contribution in [-0.2, 0) is 0 Å². The number of hydrogen-bond acceptors (Lipinski definition) is 4. The molecule has 41 heavy (non-hydrogen) atoms. The summed E-state index contributed by atoms with van der Waals surface area (Å²) in [6.45, 7) is 12.6. The van der Waals surface area contributed by atoms with Gasteiger partial charge in [-0.2, -0.15) is 0 Å². The lowest BCUT2D eigenvalue weighted by Gasteiger charge is -2.29. The number of rotatable bonds is 4. The minimum atomic E-state index is 0.202. The quantitative estimate of drug-likeness (QED) is 0.195. The molecule has 0 bridgehead atoms. The Morgan fingerprint density at radius 1 is 0.561 bits per heavy atom. The second-order valence-electron chi connectivity index (χ2n) is 13.2. The molecular formula is C35H38N6. The average Bonchev–Trinajstić information content (AvgIpc) is 3.53. The van der Waals surface area contributed by atoms with Gasteiger partial charge in [-0.3, -0.25) is 9.98 Å². The van der Waals surface area contributed by atoms with Crippen molar-refractivity contribution in [2.75, 3.05) is 26.2 Å². The molecule has 2 aromatic heterocycles. The van der Waals surface area contributed by atoms with E-state index in [9.17, 15) is 0 Å². The van der Waals surface area contributed by atoms with E-state index < -0.39 is 0 Å². The second-order valence-corrected chi connectivity index (χ2v) is 13.2. The third-order valence-corrected chi connectivity index (χ3v) is 8.46. The Balaban J connectivity index is 1.12. The number of benzene rings is 3. The molecule has 5 aromatic rings. The van der Waals surface area contributed by atoms with E-state index in [4.69, 9.17) is 9.98 Å². The third kappa shape index (κ3) is 5.15. The molecule has 0 atom stereocenters. The summed E-state index contributed by atoms with van der Waals surface area (Å²) in [5.41, 5.74) is 9.52. The number of aromatic amines is 2. The summed E-state index contributed by atoms with van der Waals surface area (Å²) < 4.78 is 0. The van der Waals surface area contributed by atoms with Crippen molar-refractivity contribution >= 4 is 33.5 Å². The van der Waals surface area contributed by atoms with Crippen LogP contribution < -0.4 is 10.6 Å². The highest BCUT2D eigenvalue weighted by Gasteiger charge is 2.23. The highest BCUT2D eigenvalue weighted by Crippen LogP contribution is 2.30. The van der Waals surface area contributed by atoms with Gasteiger partial charge in [0.1, 0.15) is 11.7 Å². The van der Waals surface area contributed by atoms with E-state index >= 15 is 0 Å². The van der Waals surface area contributed by atoms with E-state index in [0.29, 0.717) is 0 Å². The minimum absolute atomic E-state index is 0.202. The first-order valence-corrected chi connectivity index (χ1v) is 14.7. The van der Waals surface area contributed by atoms with Gasteiger partial charge in [-0.05, 0) is 47.2 Å². The maximum Gasteiger partial charge on any atom is 0.128 e. The van der Waals surface area contributed by atoms with Crippen LogP contribution in [-0.4, -0.2) is 47.8 Å². The normalized spacial score (nSPS) is 18.3. The molecule has 3 aromatic carbocycles. The highest BCUT2D eigenvalue weighted by atomic mass is 15.0. The Kier molecular flexibility index (Phi) is 6.03. The predicted molar refractivity (Wildman–Crippen MR) is 172 cm³/mol. The molecular weight excluding hydrogens is 504 g/mol. The van der Waals surface area contributed by atoms with E-state index in [2.05, 4.69) is 121 Å². The van der Waals surface area contributed by atoms with Crippen molar-refractivity contribution in [3.8, 4) is 22.5 Å². The molecule has 6 heteroatoms. The number of fused-ring (bicyclic) bond motifs is 2. The Hall–Kier alpha value is -4.32. The van der Waals surface area contributed by atoms with Crippen LogP contribution in [0.5, 0.6) is 0 Å². The zero-order chi connectivity index (χ0) is 28.2. The molecule has 208 valence electrons. The largest absolute Gasteiger partial charge is 0.370 e. The fourth-order valence-electron chi connectivity index (χ4n) is 5.75. The van der Waals surface area contributed by atoms with Crippen molar-refractivity contribution in [2.45, 2.75) is 34.1 Å². The van der Waals surface area contributed by atoms with Gasteiger partial charge >= 0.3 is 0 Å². The van der Waals surface area contributed by atoms with Crippen LogP contribution in [0.2, 0.25) is 0 Å². The predicted octanol–water partition coefficient (Wildman–Crippen LogP) is 7.13. The molecule has 0 spiro atoms. The first-order chi connectivity index (χ1) is 19.7. The summed E-state index contributed by atoms with van der Waals surface area (Å²) in [7, 11) is 0. The fourth-order valence-corrected chi connectivity index (χ4v) is 5.75. The number of nitrogens with one attached hydrogen (secondary N) is 4. The SMILES string of the molecule is CC1(C)CCNC(c2ccc3cc(-c4ccc(-c5cc6ccc(C7=NCC(C)(C)CN7)cc6[nH]5)cc4)[nH]c3c2)=NC1. The van der Waals surface area contributed by atoms with Crippen LogP contribution in [0.25, 0.3) is 44.3 Å². The molecule has 2 aliphatic heterocycles. The second kappa shape index (κ2) is 9.65. The summed E-state index contributed by atoms with van der Waals surface area (Å²) in [4.78, 5) is 16.9.